The smallest absolute Gasteiger partial charge is 0.408 e. The molecule has 5 nitrogen and oxygen atoms in total. The summed E-state index contributed by atoms with van der Waals surface area (Å²) in [4.78, 5) is 13.7. The maximum absolute atomic E-state index is 11.5. The number of anilines is 1. The minimum atomic E-state index is -0.327. The molecule has 0 amide bonds. The van der Waals surface area contributed by atoms with E-state index in [0.29, 0.717) is 11.6 Å². The van der Waals surface area contributed by atoms with Crippen LogP contribution in [0.15, 0.2) is 27.4 Å². The van der Waals surface area contributed by atoms with Gasteiger partial charge in [-0.25, -0.2) is 4.79 Å². The van der Waals surface area contributed by atoms with Crippen LogP contribution in [-0.2, 0) is 7.05 Å². The highest BCUT2D eigenvalue weighted by Crippen LogP contribution is 2.28. The number of nitrogens with two attached hydrogens (primary N) is 1. The zero-order valence-corrected chi connectivity index (χ0v) is 11.3. The van der Waals surface area contributed by atoms with E-state index in [9.17, 15) is 4.79 Å². The molecule has 102 valence electrons. The lowest BCUT2D eigenvalue weighted by molar-refractivity contribution is 0.527. The van der Waals surface area contributed by atoms with Crippen molar-refractivity contribution < 1.29 is 4.42 Å². The van der Waals surface area contributed by atoms with E-state index >= 15 is 0 Å². The van der Waals surface area contributed by atoms with Crippen molar-refractivity contribution in [1.82, 2.24) is 4.57 Å². The first-order valence-corrected chi connectivity index (χ1v) is 6.66. The number of hydrogen-bond donors (Lipinski definition) is 1. The largest absolute Gasteiger partial charge is 0.419 e. The number of likely N-dealkylation sites (N-methyl/N-ethyl adjacent to an activating group) is 1. The molecule has 0 aliphatic heterocycles. The van der Waals surface area contributed by atoms with Gasteiger partial charge < -0.3 is 15.1 Å². The Kier molecular flexibility index (Phi) is 2.86. The van der Waals surface area contributed by atoms with Crippen LogP contribution in [0.2, 0.25) is 0 Å². The second kappa shape index (κ2) is 4.42. The van der Waals surface area contributed by atoms with Crippen molar-refractivity contribution in [3.63, 3.8) is 0 Å². The average Bonchev–Trinajstić information content (AvgIpc) is 2.93. The minimum absolute atomic E-state index is 0.225. The summed E-state index contributed by atoms with van der Waals surface area (Å²) >= 11 is 0. The third kappa shape index (κ3) is 1.94. The topological polar surface area (TPSA) is 64.4 Å². The molecule has 2 N–H and O–H groups in total. The number of aryl methyl sites for hydroxylation is 1. The number of nitrogens with zero attached hydrogens (tertiary/aromatic N) is 2. The van der Waals surface area contributed by atoms with Crippen LogP contribution in [0.3, 0.4) is 0 Å². The quantitative estimate of drug-likeness (QED) is 0.888. The van der Waals surface area contributed by atoms with Gasteiger partial charge in [-0.2, -0.15) is 0 Å². The highest BCUT2D eigenvalue weighted by molar-refractivity contribution is 5.77. The van der Waals surface area contributed by atoms with Gasteiger partial charge in [0.15, 0.2) is 5.58 Å². The molecule has 1 saturated carbocycles. The van der Waals surface area contributed by atoms with Crippen molar-refractivity contribution in [2.24, 2.45) is 12.8 Å². The number of oxazole rings is 1. The molecule has 0 bridgehead atoms. The molecule has 2 atom stereocenters. The molecule has 1 fully saturated rings. The van der Waals surface area contributed by atoms with Crippen LogP contribution in [0, 0.1) is 0 Å². The zero-order chi connectivity index (χ0) is 13.6. The van der Waals surface area contributed by atoms with E-state index in [1.54, 1.807) is 7.05 Å². The molecule has 1 heterocycles. The second-order valence-electron chi connectivity index (χ2n) is 5.35. The molecule has 5 heteroatoms. The molecule has 1 aliphatic carbocycles. The number of aromatic nitrogens is 1. The first-order chi connectivity index (χ1) is 9.08. The fourth-order valence-corrected chi connectivity index (χ4v) is 2.98. The molecule has 3 rings (SSSR count). The fourth-order valence-electron chi connectivity index (χ4n) is 2.98. The summed E-state index contributed by atoms with van der Waals surface area (Å²) in [6.07, 6.45) is 3.38. The fraction of sp³-hybridized carbons (Fsp3) is 0.500. The molecule has 0 spiro atoms. The van der Waals surface area contributed by atoms with Crippen molar-refractivity contribution >= 4 is 16.8 Å². The highest BCUT2D eigenvalue weighted by atomic mass is 16.4. The summed E-state index contributed by atoms with van der Waals surface area (Å²) in [5.74, 6) is -0.327. The number of rotatable bonds is 2. The Balaban J connectivity index is 1.99. The van der Waals surface area contributed by atoms with Gasteiger partial charge >= 0.3 is 5.76 Å². The van der Waals surface area contributed by atoms with Crippen molar-refractivity contribution in [2.75, 3.05) is 11.9 Å². The van der Waals surface area contributed by atoms with Crippen molar-refractivity contribution in [1.29, 1.82) is 0 Å². The molecule has 2 aromatic rings. The predicted octanol–water partition coefficient (Wildman–Crippen LogP) is 1.45. The molecule has 1 aliphatic rings. The molecule has 0 saturated heterocycles. The maximum atomic E-state index is 11.5. The van der Waals surface area contributed by atoms with Gasteiger partial charge in [0.2, 0.25) is 0 Å². The third-order valence-electron chi connectivity index (χ3n) is 4.21. The van der Waals surface area contributed by atoms with Crippen LogP contribution >= 0.6 is 0 Å². The average molecular weight is 261 g/mol. The van der Waals surface area contributed by atoms with Crippen LogP contribution in [-0.4, -0.2) is 23.7 Å². The number of benzene rings is 1. The van der Waals surface area contributed by atoms with Gasteiger partial charge in [-0.05, 0) is 31.4 Å². The van der Waals surface area contributed by atoms with E-state index < -0.39 is 0 Å². The van der Waals surface area contributed by atoms with Gasteiger partial charge in [0.05, 0.1) is 5.52 Å². The monoisotopic (exact) mass is 261 g/mol. The summed E-state index contributed by atoms with van der Waals surface area (Å²) in [6.45, 7) is 0. The standard InChI is InChI=1S/C14H19N3O2/c1-16(11-5-3-4-10(11)15)9-6-7-12-13(8-9)19-14(18)17(12)2/h6-8,10-11H,3-5,15H2,1-2H3. The van der Waals surface area contributed by atoms with Crippen molar-refractivity contribution in [2.45, 2.75) is 31.3 Å². The Bertz CT molecular complexity index is 658. The lowest BCUT2D eigenvalue weighted by atomic mass is 10.1. The third-order valence-corrected chi connectivity index (χ3v) is 4.21. The summed E-state index contributed by atoms with van der Waals surface area (Å²) < 4.78 is 6.74. The molecule has 0 radical (unpaired) electrons. The van der Waals surface area contributed by atoms with Crippen LogP contribution in [0.25, 0.3) is 11.1 Å². The normalized spacial score (nSPS) is 23.1. The Morgan fingerprint density at radius 2 is 2.21 bits per heavy atom. The lowest BCUT2D eigenvalue weighted by Crippen LogP contribution is -2.42. The van der Waals surface area contributed by atoms with E-state index in [1.807, 2.05) is 18.2 Å². The van der Waals surface area contributed by atoms with E-state index in [1.165, 1.54) is 11.0 Å². The minimum Gasteiger partial charge on any atom is -0.408 e. The Labute approximate surface area is 111 Å². The summed E-state index contributed by atoms with van der Waals surface area (Å²) in [5, 5.41) is 0. The summed E-state index contributed by atoms with van der Waals surface area (Å²) in [5.41, 5.74) is 8.63. The first kappa shape index (κ1) is 12.3. The molecular weight excluding hydrogens is 242 g/mol. The first-order valence-electron chi connectivity index (χ1n) is 6.66. The highest BCUT2D eigenvalue weighted by Gasteiger charge is 2.27. The maximum Gasteiger partial charge on any atom is 0.419 e. The van der Waals surface area contributed by atoms with Crippen LogP contribution < -0.4 is 16.4 Å². The zero-order valence-electron chi connectivity index (χ0n) is 11.3. The van der Waals surface area contributed by atoms with Gasteiger partial charge in [0.1, 0.15) is 0 Å². The van der Waals surface area contributed by atoms with Gasteiger partial charge in [-0.3, -0.25) is 4.57 Å². The summed E-state index contributed by atoms with van der Waals surface area (Å²) in [7, 11) is 3.77. The predicted molar refractivity (Wildman–Crippen MR) is 75.5 cm³/mol. The van der Waals surface area contributed by atoms with Gasteiger partial charge in [-0.1, -0.05) is 0 Å². The van der Waals surface area contributed by atoms with Crippen LogP contribution in [0.1, 0.15) is 19.3 Å². The van der Waals surface area contributed by atoms with Crippen LogP contribution in [0.5, 0.6) is 0 Å². The Hall–Kier alpha value is -1.75. The lowest BCUT2D eigenvalue weighted by Gasteiger charge is -2.29. The van der Waals surface area contributed by atoms with E-state index in [0.717, 1.165) is 24.0 Å². The molecule has 1 aromatic carbocycles. The molecular formula is C14H19N3O2. The second-order valence-corrected chi connectivity index (χ2v) is 5.35. The van der Waals surface area contributed by atoms with Crippen molar-refractivity contribution in [3.8, 4) is 0 Å². The SMILES string of the molecule is CN(c1ccc2c(c1)oc(=O)n2C)C1CCCC1N. The Morgan fingerprint density at radius 3 is 2.89 bits per heavy atom. The molecule has 1 aromatic heterocycles. The van der Waals surface area contributed by atoms with E-state index in [2.05, 4.69) is 11.9 Å². The van der Waals surface area contributed by atoms with Crippen molar-refractivity contribution in [3.05, 3.63) is 28.7 Å². The number of hydrogen-bond acceptors (Lipinski definition) is 4. The van der Waals surface area contributed by atoms with Crippen LogP contribution in [0.4, 0.5) is 5.69 Å². The Morgan fingerprint density at radius 1 is 1.42 bits per heavy atom. The van der Waals surface area contributed by atoms with E-state index in [4.69, 9.17) is 10.2 Å². The number of fused-ring (bicyclic) bond motifs is 1. The summed E-state index contributed by atoms with van der Waals surface area (Å²) in [6, 6.07) is 6.45. The molecule has 2 unspecified atom stereocenters. The van der Waals surface area contributed by atoms with E-state index in [-0.39, 0.29) is 11.8 Å². The van der Waals surface area contributed by atoms with Gasteiger partial charge in [0, 0.05) is 37.9 Å². The molecule has 19 heavy (non-hydrogen) atoms. The van der Waals surface area contributed by atoms with Gasteiger partial charge in [0.25, 0.3) is 0 Å². The van der Waals surface area contributed by atoms with Gasteiger partial charge in [-0.15, -0.1) is 0 Å².